The van der Waals surface area contributed by atoms with Crippen molar-refractivity contribution in [3.05, 3.63) is 48.6 Å². The van der Waals surface area contributed by atoms with Crippen molar-refractivity contribution in [2.24, 2.45) is 0 Å². The molecule has 0 saturated carbocycles. The zero-order valence-corrected chi connectivity index (χ0v) is 14.6. The zero-order chi connectivity index (χ0) is 18.0. The summed E-state index contributed by atoms with van der Waals surface area (Å²) in [4.78, 5) is 21.8. The highest BCUT2D eigenvalue weighted by Crippen LogP contribution is 2.09. The van der Waals surface area contributed by atoms with E-state index in [4.69, 9.17) is 5.11 Å². The number of aliphatic hydroxyl groups is 1. The van der Waals surface area contributed by atoms with Gasteiger partial charge in [0.2, 0.25) is 0 Å². The van der Waals surface area contributed by atoms with Gasteiger partial charge in [-0.25, -0.2) is 4.79 Å². The molecule has 0 amide bonds. The van der Waals surface area contributed by atoms with E-state index in [0.717, 1.165) is 51.0 Å². The lowest BCUT2D eigenvalue weighted by Crippen LogP contribution is -2.03. The zero-order valence-electron chi connectivity index (χ0n) is 14.6. The molecule has 1 unspecified atom stereocenters. The van der Waals surface area contributed by atoms with Crippen LogP contribution in [-0.2, 0) is 9.59 Å². The first-order valence-corrected chi connectivity index (χ1v) is 8.66. The molecule has 24 heavy (non-hydrogen) atoms. The summed E-state index contributed by atoms with van der Waals surface area (Å²) >= 11 is 0. The van der Waals surface area contributed by atoms with Crippen LogP contribution < -0.4 is 0 Å². The van der Waals surface area contributed by atoms with Crippen LogP contribution in [0.15, 0.2) is 48.6 Å². The van der Waals surface area contributed by atoms with Crippen LogP contribution in [0.1, 0.15) is 58.3 Å². The molecule has 0 fully saturated rings. The highest BCUT2D eigenvalue weighted by molar-refractivity contribution is 5.90. The van der Waals surface area contributed by atoms with E-state index in [1.807, 2.05) is 19.1 Å². The molecular weight excluding hydrogens is 304 g/mol. The first kappa shape index (κ1) is 22.1. The third kappa shape index (κ3) is 16.4. The maximum absolute atomic E-state index is 11.5. The number of carbonyl (C=O) groups excluding carboxylic acids is 1. The Labute approximate surface area is 145 Å². The average Bonchev–Trinajstić information content (AvgIpc) is 2.55. The van der Waals surface area contributed by atoms with E-state index in [9.17, 15) is 14.7 Å². The Kier molecular flexibility index (Phi) is 14.6. The second kappa shape index (κ2) is 15.9. The molecule has 0 spiro atoms. The number of hydrogen-bond donors (Lipinski definition) is 2. The smallest absolute Gasteiger partial charge is 0.328 e. The van der Waals surface area contributed by atoms with Crippen LogP contribution in [0.5, 0.6) is 0 Å². The highest BCUT2D eigenvalue weighted by Gasteiger charge is 1.99. The van der Waals surface area contributed by atoms with Crippen LogP contribution in [0.25, 0.3) is 0 Å². The van der Waals surface area contributed by atoms with E-state index >= 15 is 0 Å². The Hall–Kier alpha value is -1.94. The summed E-state index contributed by atoms with van der Waals surface area (Å²) in [6.07, 6.45) is 20.1. The second-order valence-electron chi connectivity index (χ2n) is 5.64. The maximum atomic E-state index is 11.5. The molecule has 4 heteroatoms. The van der Waals surface area contributed by atoms with Gasteiger partial charge >= 0.3 is 5.97 Å². The summed E-state index contributed by atoms with van der Waals surface area (Å²) in [5.41, 5.74) is 0. The van der Waals surface area contributed by atoms with E-state index < -0.39 is 5.97 Å². The predicted octanol–water partition coefficient (Wildman–Crippen LogP) is 4.37. The molecule has 0 aliphatic carbocycles. The molecule has 134 valence electrons. The summed E-state index contributed by atoms with van der Waals surface area (Å²) in [6, 6.07) is 0. The number of rotatable bonds is 14. The average molecular weight is 334 g/mol. The molecule has 0 bridgehead atoms. The molecule has 0 saturated heterocycles. The predicted molar refractivity (Wildman–Crippen MR) is 97.8 cm³/mol. The van der Waals surface area contributed by atoms with Gasteiger partial charge in [0.25, 0.3) is 0 Å². The van der Waals surface area contributed by atoms with E-state index in [-0.39, 0.29) is 11.9 Å². The Morgan fingerprint density at radius 2 is 1.58 bits per heavy atom. The molecule has 0 heterocycles. The molecular formula is C20H30O4. The van der Waals surface area contributed by atoms with Crippen LogP contribution in [0.3, 0.4) is 0 Å². The Morgan fingerprint density at radius 3 is 2.25 bits per heavy atom. The summed E-state index contributed by atoms with van der Waals surface area (Å²) < 4.78 is 0. The summed E-state index contributed by atoms with van der Waals surface area (Å²) in [5, 5.41) is 17.8. The lowest BCUT2D eigenvalue weighted by atomic mass is 10.1. The molecule has 0 aliphatic rings. The molecule has 0 aromatic heterocycles. The summed E-state index contributed by atoms with van der Waals surface area (Å²) in [6.45, 7) is 2.00. The first-order chi connectivity index (χ1) is 11.6. The van der Waals surface area contributed by atoms with Crippen molar-refractivity contribution in [1.82, 2.24) is 0 Å². The molecule has 0 aromatic rings. The molecule has 2 N–H and O–H groups in total. The topological polar surface area (TPSA) is 74.6 Å². The van der Waals surface area contributed by atoms with Gasteiger partial charge in [0, 0.05) is 12.5 Å². The van der Waals surface area contributed by atoms with Gasteiger partial charge in [0.1, 0.15) is 0 Å². The second-order valence-corrected chi connectivity index (χ2v) is 5.64. The Morgan fingerprint density at radius 1 is 0.917 bits per heavy atom. The lowest BCUT2D eigenvalue weighted by molar-refractivity contribution is -0.131. The van der Waals surface area contributed by atoms with Crippen molar-refractivity contribution in [2.45, 2.75) is 64.4 Å². The molecule has 0 aliphatic heterocycles. The van der Waals surface area contributed by atoms with Crippen molar-refractivity contribution in [3.63, 3.8) is 0 Å². The van der Waals surface area contributed by atoms with Crippen LogP contribution in [0.2, 0.25) is 0 Å². The van der Waals surface area contributed by atoms with Gasteiger partial charge in [-0.1, -0.05) is 62.6 Å². The van der Waals surface area contributed by atoms with Gasteiger partial charge in [-0.05, 0) is 31.8 Å². The quantitative estimate of drug-likeness (QED) is 0.214. The Balaban J connectivity index is 3.62. The van der Waals surface area contributed by atoms with Crippen molar-refractivity contribution in [2.75, 3.05) is 0 Å². The number of unbranched alkanes of at least 4 members (excludes halogenated alkanes) is 4. The van der Waals surface area contributed by atoms with E-state index in [1.165, 1.54) is 12.2 Å². The lowest BCUT2D eigenvalue weighted by Gasteiger charge is -2.06. The third-order valence-electron chi connectivity index (χ3n) is 3.47. The van der Waals surface area contributed by atoms with Gasteiger partial charge in [0.15, 0.2) is 5.78 Å². The van der Waals surface area contributed by atoms with Crippen molar-refractivity contribution < 1.29 is 19.8 Å². The largest absolute Gasteiger partial charge is 0.478 e. The number of aliphatic carboxylic acids is 1. The molecule has 0 aromatic carbocycles. The minimum atomic E-state index is -0.997. The number of allylic oxidation sites excluding steroid dienone is 7. The monoisotopic (exact) mass is 334 g/mol. The van der Waals surface area contributed by atoms with Gasteiger partial charge < -0.3 is 10.2 Å². The van der Waals surface area contributed by atoms with Crippen molar-refractivity contribution in [1.29, 1.82) is 0 Å². The van der Waals surface area contributed by atoms with E-state index in [1.54, 1.807) is 18.2 Å². The number of carboxylic acids is 1. The fraction of sp³-hybridized carbons (Fsp3) is 0.500. The number of hydrogen-bond acceptors (Lipinski definition) is 3. The van der Waals surface area contributed by atoms with Gasteiger partial charge in [-0.3, -0.25) is 4.79 Å². The minimum Gasteiger partial charge on any atom is -0.478 e. The van der Waals surface area contributed by atoms with E-state index in [2.05, 4.69) is 0 Å². The van der Waals surface area contributed by atoms with Crippen LogP contribution in [0, 0.1) is 0 Å². The standard InChI is InChI=1S/C20H30O4/c1-2-18(21)14-10-6-4-3-5-7-11-15-19(22)16-12-8-9-13-17-20(23)24/h7-9,11-13,16-18,21H,2-6,10,14-15H2,1H3,(H,23,24). The van der Waals surface area contributed by atoms with E-state index in [0.29, 0.717) is 6.42 Å². The molecule has 4 nitrogen and oxygen atoms in total. The van der Waals surface area contributed by atoms with Crippen LogP contribution in [-0.4, -0.2) is 28.1 Å². The Bertz CT molecular complexity index is 458. The molecule has 0 rings (SSSR count). The van der Waals surface area contributed by atoms with Crippen LogP contribution in [0.4, 0.5) is 0 Å². The SMILES string of the molecule is CCC(O)CCCCCCC=CCC(=O)C=CC=CC=CC(=O)O. The first-order valence-electron chi connectivity index (χ1n) is 8.66. The van der Waals surface area contributed by atoms with Gasteiger partial charge in [-0.2, -0.15) is 0 Å². The molecule has 0 radical (unpaired) electrons. The van der Waals surface area contributed by atoms with Crippen molar-refractivity contribution in [3.8, 4) is 0 Å². The summed E-state index contributed by atoms with van der Waals surface area (Å²) in [5.74, 6) is -0.977. The number of ketones is 1. The van der Waals surface area contributed by atoms with Gasteiger partial charge in [0.05, 0.1) is 6.10 Å². The normalized spacial score (nSPS) is 13.6. The van der Waals surface area contributed by atoms with Gasteiger partial charge in [-0.15, -0.1) is 0 Å². The number of aliphatic hydroxyl groups excluding tert-OH is 1. The summed E-state index contributed by atoms with van der Waals surface area (Å²) in [7, 11) is 0. The minimum absolute atomic E-state index is 0.0201. The molecule has 1 atom stereocenters. The maximum Gasteiger partial charge on any atom is 0.328 e. The fourth-order valence-electron chi connectivity index (χ4n) is 2.01. The number of carbonyl (C=O) groups is 2. The highest BCUT2D eigenvalue weighted by atomic mass is 16.4. The number of carboxylic acid groups (broad SMARTS) is 1. The van der Waals surface area contributed by atoms with Crippen molar-refractivity contribution >= 4 is 11.8 Å². The third-order valence-corrected chi connectivity index (χ3v) is 3.47. The fourth-order valence-corrected chi connectivity index (χ4v) is 2.01. The van der Waals surface area contributed by atoms with Crippen LogP contribution >= 0.6 is 0 Å².